The van der Waals surface area contributed by atoms with Gasteiger partial charge in [-0.2, -0.15) is 4.52 Å². The lowest BCUT2D eigenvalue weighted by atomic mass is 9.96. The largest absolute Gasteiger partial charge is 0.355 e. The van der Waals surface area contributed by atoms with Crippen molar-refractivity contribution in [3.05, 3.63) is 78.4 Å². The molecule has 0 radical (unpaired) electrons. The molecular formula is C24H24N8O2. The van der Waals surface area contributed by atoms with Crippen molar-refractivity contribution in [2.75, 3.05) is 23.3 Å². The van der Waals surface area contributed by atoms with E-state index in [9.17, 15) is 9.59 Å². The van der Waals surface area contributed by atoms with E-state index >= 15 is 0 Å². The van der Waals surface area contributed by atoms with E-state index in [0.29, 0.717) is 23.4 Å². The Labute approximate surface area is 196 Å². The number of rotatable bonds is 6. The summed E-state index contributed by atoms with van der Waals surface area (Å²) in [5.41, 5.74) is 2.85. The van der Waals surface area contributed by atoms with Gasteiger partial charge in [0.2, 0.25) is 5.91 Å². The number of piperidine rings is 1. The van der Waals surface area contributed by atoms with Crippen LogP contribution in [0, 0.1) is 5.92 Å². The Kier molecular flexibility index (Phi) is 6.11. The summed E-state index contributed by atoms with van der Waals surface area (Å²) in [5, 5.41) is 18.3. The molecule has 1 aliphatic heterocycles. The van der Waals surface area contributed by atoms with Crippen LogP contribution < -0.4 is 15.5 Å². The van der Waals surface area contributed by atoms with Crippen molar-refractivity contribution < 1.29 is 9.59 Å². The van der Waals surface area contributed by atoms with Crippen LogP contribution in [0.25, 0.3) is 5.65 Å². The van der Waals surface area contributed by atoms with Gasteiger partial charge in [0.05, 0.1) is 0 Å². The Morgan fingerprint density at radius 1 is 1.03 bits per heavy atom. The van der Waals surface area contributed by atoms with Gasteiger partial charge in [-0.3, -0.25) is 14.6 Å². The first kappa shape index (κ1) is 21.5. The van der Waals surface area contributed by atoms with Crippen molar-refractivity contribution in [1.82, 2.24) is 30.1 Å². The molecule has 1 fully saturated rings. The van der Waals surface area contributed by atoms with Crippen LogP contribution >= 0.6 is 0 Å². The van der Waals surface area contributed by atoms with E-state index in [1.807, 2.05) is 36.4 Å². The van der Waals surface area contributed by atoms with Gasteiger partial charge in [0.1, 0.15) is 12.1 Å². The van der Waals surface area contributed by atoms with E-state index < -0.39 is 0 Å². The summed E-state index contributed by atoms with van der Waals surface area (Å²) < 4.78 is 1.65. The molecule has 2 amide bonds. The lowest BCUT2D eigenvalue weighted by molar-refractivity contribution is -0.125. The van der Waals surface area contributed by atoms with Crippen LogP contribution in [0.3, 0.4) is 0 Å². The van der Waals surface area contributed by atoms with E-state index in [4.69, 9.17) is 0 Å². The fraction of sp³-hybridized carbons (Fsp3) is 0.250. The monoisotopic (exact) mass is 456 g/mol. The number of carbonyl (C=O) groups excluding carboxylic acids is 2. The number of fused-ring (bicyclic) bond motifs is 1. The van der Waals surface area contributed by atoms with Gasteiger partial charge in [-0.15, -0.1) is 15.3 Å². The third kappa shape index (κ3) is 4.85. The van der Waals surface area contributed by atoms with Crippen molar-refractivity contribution in [2.45, 2.75) is 19.4 Å². The minimum atomic E-state index is -0.201. The number of amides is 2. The van der Waals surface area contributed by atoms with Crippen LogP contribution in [0.15, 0.2) is 67.3 Å². The third-order valence-electron chi connectivity index (χ3n) is 5.93. The SMILES string of the molecule is O=C(Nc1cccc(CNC(=O)C2CCN(c3ccc4nncn4n3)CC2)c1)c1ccncc1. The first-order chi connectivity index (χ1) is 16.7. The Bertz CT molecular complexity index is 1300. The van der Waals surface area contributed by atoms with Crippen molar-refractivity contribution in [3.8, 4) is 0 Å². The molecule has 3 aromatic heterocycles. The summed E-state index contributed by atoms with van der Waals surface area (Å²) >= 11 is 0. The summed E-state index contributed by atoms with van der Waals surface area (Å²) in [6, 6.07) is 14.6. The van der Waals surface area contributed by atoms with Crippen LogP contribution in [0.5, 0.6) is 0 Å². The zero-order valence-electron chi connectivity index (χ0n) is 18.5. The van der Waals surface area contributed by atoms with E-state index in [0.717, 1.165) is 37.3 Å². The Hall–Kier alpha value is -4.34. The molecule has 10 nitrogen and oxygen atoms in total. The van der Waals surface area contributed by atoms with E-state index in [1.54, 1.807) is 35.4 Å². The highest BCUT2D eigenvalue weighted by atomic mass is 16.2. The number of benzene rings is 1. The molecule has 4 heterocycles. The van der Waals surface area contributed by atoms with Crippen molar-refractivity contribution in [1.29, 1.82) is 0 Å². The van der Waals surface area contributed by atoms with Crippen molar-refractivity contribution in [3.63, 3.8) is 0 Å². The van der Waals surface area contributed by atoms with Gasteiger partial charge >= 0.3 is 0 Å². The first-order valence-electron chi connectivity index (χ1n) is 11.2. The van der Waals surface area contributed by atoms with E-state index in [1.165, 1.54) is 0 Å². The maximum Gasteiger partial charge on any atom is 0.255 e. The molecule has 2 N–H and O–H groups in total. The average molecular weight is 457 g/mol. The smallest absolute Gasteiger partial charge is 0.255 e. The molecule has 0 atom stereocenters. The average Bonchev–Trinajstić information content (AvgIpc) is 3.36. The number of nitrogens with zero attached hydrogens (tertiary/aromatic N) is 6. The van der Waals surface area contributed by atoms with E-state index in [-0.39, 0.29) is 17.7 Å². The maximum atomic E-state index is 12.8. The number of hydrogen-bond donors (Lipinski definition) is 2. The van der Waals surface area contributed by atoms with Crippen LogP contribution in [-0.2, 0) is 11.3 Å². The van der Waals surface area contributed by atoms with Gasteiger partial charge in [0.15, 0.2) is 5.65 Å². The second kappa shape index (κ2) is 9.65. The fourth-order valence-electron chi connectivity index (χ4n) is 4.06. The summed E-state index contributed by atoms with van der Waals surface area (Å²) in [6.07, 6.45) is 6.26. The lowest BCUT2D eigenvalue weighted by Crippen LogP contribution is -2.40. The molecular weight excluding hydrogens is 432 g/mol. The highest BCUT2D eigenvalue weighted by molar-refractivity contribution is 6.04. The highest BCUT2D eigenvalue weighted by Crippen LogP contribution is 2.22. The molecule has 0 bridgehead atoms. The zero-order chi connectivity index (χ0) is 23.3. The summed E-state index contributed by atoms with van der Waals surface area (Å²) in [7, 11) is 0. The molecule has 172 valence electrons. The number of anilines is 2. The third-order valence-corrected chi connectivity index (χ3v) is 5.93. The summed E-state index contributed by atoms with van der Waals surface area (Å²) in [6.45, 7) is 1.92. The maximum absolute atomic E-state index is 12.8. The van der Waals surface area contributed by atoms with Gasteiger partial charge < -0.3 is 15.5 Å². The minimum absolute atomic E-state index is 0.0375. The summed E-state index contributed by atoms with van der Waals surface area (Å²) in [4.78, 5) is 31.2. The Morgan fingerprint density at radius 2 is 1.85 bits per heavy atom. The number of carbonyl (C=O) groups is 2. The Morgan fingerprint density at radius 3 is 2.68 bits per heavy atom. The molecule has 4 aromatic rings. The normalized spacial score (nSPS) is 14.2. The van der Waals surface area contributed by atoms with Gasteiger partial charge in [0.25, 0.3) is 5.91 Å². The second-order valence-electron chi connectivity index (χ2n) is 8.19. The van der Waals surface area contributed by atoms with Gasteiger partial charge in [0, 0.05) is 49.2 Å². The first-order valence-corrected chi connectivity index (χ1v) is 11.2. The fourth-order valence-corrected chi connectivity index (χ4v) is 4.06. The lowest BCUT2D eigenvalue weighted by Gasteiger charge is -2.32. The molecule has 10 heteroatoms. The topological polar surface area (TPSA) is 117 Å². The Balaban J connectivity index is 1.12. The molecule has 0 unspecified atom stereocenters. The van der Waals surface area contributed by atoms with Gasteiger partial charge in [-0.05, 0) is 54.8 Å². The number of nitrogens with one attached hydrogen (secondary N) is 2. The predicted molar refractivity (Wildman–Crippen MR) is 126 cm³/mol. The second-order valence-corrected chi connectivity index (χ2v) is 8.19. The van der Waals surface area contributed by atoms with Crippen molar-refractivity contribution >= 4 is 29.0 Å². The number of pyridine rings is 1. The van der Waals surface area contributed by atoms with Gasteiger partial charge in [-0.1, -0.05) is 12.1 Å². The molecule has 0 aliphatic carbocycles. The van der Waals surface area contributed by atoms with Crippen LogP contribution in [0.2, 0.25) is 0 Å². The molecule has 5 rings (SSSR count). The van der Waals surface area contributed by atoms with Gasteiger partial charge in [-0.25, -0.2) is 0 Å². The number of aromatic nitrogens is 5. The van der Waals surface area contributed by atoms with Crippen LogP contribution in [-0.4, -0.2) is 49.7 Å². The molecule has 1 aromatic carbocycles. The minimum Gasteiger partial charge on any atom is -0.355 e. The zero-order valence-corrected chi connectivity index (χ0v) is 18.5. The molecule has 1 aliphatic rings. The standard InChI is InChI=1S/C24H24N8O2/c33-23(19-8-12-31(13-9-19)22-5-4-21-29-27-16-32(21)30-22)26-15-17-2-1-3-20(14-17)28-24(34)18-6-10-25-11-7-18/h1-7,10-11,14,16,19H,8-9,12-13,15H2,(H,26,33)(H,28,34). The van der Waals surface area contributed by atoms with Crippen LogP contribution in [0.1, 0.15) is 28.8 Å². The quantitative estimate of drug-likeness (QED) is 0.457. The molecule has 0 spiro atoms. The predicted octanol–water partition coefficient (Wildman–Crippen LogP) is 2.30. The molecule has 1 saturated heterocycles. The molecule has 0 saturated carbocycles. The molecule has 34 heavy (non-hydrogen) atoms. The number of hydrogen-bond acceptors (Lipinski definition) is 7. The summed E-state index contributed by atoms with van der Waals surface area (Å²) in [5.74, 6) is 0.669. The van der Waals surface area contributed by atoms with Crippen molar-refractivity contribution in [2.24, 2.45) is 5.92 Å². The van der Waals surface area contributed by atoms with E-state index in [2.05, 4.69) is 35.8 Å². The van der Waals surface area contributed by atoms with Crippen LogP contribution in [0.4, 0.5) is 11.5 Å². The highest BCUT2D eigenvalue weighted by Gasteiger charge is 2.25.